The summed E-state index contributed by atoms with van der Waals surface area (Å²) in [4.78, 5) is 16.6. The first-order chi connectivity index (χ1) is 19.1. The summed E-state index contributed by atoms with van der Waals surface area (Å²) in [6.07, 6.45) is -3.13. The number of hydrazone groups is 1. The number of hydrogen-bond acceptors (Lipinski definition) is 7. The van der Waals surface area contributed by atoms with Crippen LogP contribution >= 0.6 is 27.3 Å². The molecule has 0 aliphatic heterocycles. The molecular formula is C27H21BrF4N4O3S. The van der Waals surface area contributed by atoms with Crippen molar-refractivity contribution in [2.75, 3.05) is 12.4 Å². The minimum atomic E-state index is -4.45. The number of anilines is 2. The lowest BCUT2D eigenvalue weighted by atomic mass is 10.2. The minimum absolute atomic E-state index is 0.00107. The Bertz CT molecular complexity index is 1530. The number of alkyl halides is 3. The van der Waals surface area contributed by atoms with Gasteiger partial charge in [0.15, 0.2) is 16.6 Å². The Labute approximate surface area is 239 Å². The normalized spacial score (nSPS) is 11.4. The van der Waals surface area contributed by atoms with Gasteiger partial charge in [-0.05, 0) is 57.9 Å². The number of amides is 1. The maximum Gasteiger partial charge on any atom is 0.416 e. The van der Waals surface area contributed by atoms with E-state index < -0.39 is 17.6 Å². The second-order valence-corrected chi connectivity index (χ2v) is 9.94. The van der Waals surface area contributed by atoms with Crippen molar-refractivity contribution >= 4 is 50.2 Å². The van der Waals surface area contributed by atoms with Gasteiger partial charge in [-0.2, -0.15) is 18.3 Å². The smallest absolute Gasteiger partial charge is 0.416 e. The summed E-state index contributed by atoms with van der Waals surface area (Å²) in [7, 11) is 1.46. The number of carbonyl (C=O) groups excluding carboxylic acids is 1. The van der Waals surface area contributed by atoms with Crippen molar-refractivity contribution in [2.45, 2.75) is 19.2 Å². The predicted molar refractivity (Wildman–Crippen MR) is 148 cm³/mol. The van der Waals surface area contributed by atoms with Crippen LogP contribution in [0.25, 0.3) is 0 Å². The fourth-order valence-electron chi connectivity index (χ4n) is 3.44. The van der Waals surface area contributed by atoms with Gasteiger partial charge in [-0.15, -0.1) is 11.3 Å². The number of methoxy groups -OCH3 is 1. The Morgan fingerprint density at radius 2 is 1.95 bits per heavy atom. The van der Waals surface area contributed by atoms with Crippen LogP contribution in [0.2, 0.25) is 0 Å². The fourth-order valence-corrected chi connectivity index (χ4v) is 4.75. The highest BCUT2D eigenvalue weighted by Crippen LogP contribution is 2.37. The number of thiazole rings is 1. The van der Waals surface area contributed by atoms with Crippen molar-refractivity contribution in [3.8, 4) is 11.5 Å². The van der Waals surface area contributed by atoms with Gasteiger partial charge in [0, 0.05) is 16.6 Å². The standard InChI is InChI=1S/C27H21BrF4N4O3S/c1-38-23-10-16(9-21(28)25(23)39-14-17-5-2-3-8-22(17)29)13-33-36-24(37)12-20-15-40-26(35-20)34-19-7-4-6-18(11-19)27(30,31)32/h2-11,13,15H,12,14H2,1H3,(H,34,35)(H,36,37)/b33-13-. The molecule has 2 N–H and O–H groups in total. The summed E-state index contributed by atoms with van der Waals surface area (Å²) in [6.45, 7) is -0.00107. The predicted octanol–water partition coefficient (Wildman–Crippen LogP) is 7.09. The van der Waals surface area contributed by atoms with Crippen molar-refractivity contribution < 1.29 is 31.8 Å². The molecule has 0 saturated carbocycles. The van der Waals surface area contributed by atoms with E-state index in [-0.39, 0.29) is 24.5 Å². The number of aromatic nitrogens is 1. The zero-order valence-electron chi connectivity index (χ0n) is 20.8. The molecule has 4 rings (SSSR count). The number of halogens is 5. The zero-order valence-corrected chi connectivity index (χ0v) is 23.2. The largest absolute Gasteiger partial charge is 0.493 e. The fraction of sp³-hybridized carbons (Fsp3) is 0.148. The van der Waals surface area contributed by atoms with Crippen LogP contribution in [0.1, 0.15) is 22.4 Å². The molecule has 0 fully saturated rings. The molecule has 0 unspecified atom stereocenters. The molecular weight excluding hydrogens is 616 g/mol. The lowest BCUT2D eigenvalue weighted by molar-refractivity contribution is -0.137. The van der Waals surface area contributed by atoms with Gasteiger partial charge >= 0.3 is 6.18 Å². The maximum atomic E-state index is 13.9. The summed E-state index contributed by atoms with van der Waals surface area (Å²) in [5.41, 5.74) is 3.27. The van der Waals surface area contributed by atoms with Crippen molar-refractivity contribution in [1.82, 2.24) is 10.4 Å². The number of benzene rings is 3. The highest BCUT2D eigenvalue weighted by Gasteiger charge is 2.30. The highest BCUT2D eigenvalue weighted by atomic mass is 79.9. The van der Waals surface area contributed by atoms with Crippen LogP contribution in [0, 0.1) is 5.82 Å². The number of hydrogen-bond donors (Lipinski definition) is 2. The van der Waals surface area contributed by atoms with E-state index in [0.717, 1.165) is 23.5 Å². The molecule has 1 aromatic heterocycles. The third kappa shape index (κ3) is 7.79. The van der Waals surface area contributed by atoms with Crippen molar-refractivity contribution in [3.63, 3.8) is 0 Å². The van der Waals surface area contributed by atoms with E-state index >= 15 is 0 Å². The first-order valence-corrected chi connectivity index (χ1v) is 13.2. The number of ether oxygens (including phenoxy) is 2. The molecule has 1 amide bonds. The van der Waals surface area contributed by atoms with E-state index in [0.29, 0.717) is 37.9 Å². The molecule has 0 saturated heterocycles. The zero-order chi connectivity index (χ0) is 28.7. The molecule has 4 aromatic rings. The van der Waals surface area contributed by atoms with Gasteiger partial charge in [0.2, 0.25) is 5.91 Å². The van der Waals surface area contributed by atoms with Crippen LogP contribution in [0.3, 0.4) is 0 Å². The van der Waals surface area contributed by atoms with Crippen molar-refractivity contribution in [2.24, 2.45) is 5.10 Å². The van der Waals surface area contributed by atoms with Gasteiger partial charge in [-0.1, -0.05) is 24.3 Å². The average molecular weight is 637 g/mol. The van der Waals surface area contributed by atoms with E-state index in [1.165, 1.54) is 31.5 Å². The second kappa shape index (κ2) is 12.9. The van der Waals surface area contributed by atoms with Crippen LogP contribution in [-0.2, 0) is 24.0 Å². The summed E-state index contributed by atoms with van der Waals surface area (Å²) in [5.74, 6) is -0.0623. The quantitative estimate of drug-likeness (QED) is 0.110. The first-order valence-electron chi connectivity index (χ1n) is 11.6. The van der Waals surface area contributed by atoms with Crippen molar-refractivity contribution in [3.05, 3.63) is 98.7 Å². The highest BCUT2D eigenvalue weighted by molar-refractivity contribution is 9.10. The van der Waals surface area contributed by atoms with Crippen LogP contribution in [-0.4, -0.2) is 24.2 Å². The monoisotopic (exact) mass is 636 g/mol. The van der Waals surface area contributed by atoms with Gasteiger partial charge in [-0.25, -0.2) is 14.8 Å². The summed E-state index contributed by atoms with van der Waals surface area (Å²) in [6, 6.07) is 14.4. The van der Waals surface area contributed by atoms with Gasteiger partial charge in [0.1, 0.15) is 12.4 Å². The van der Waals surface area contributed by atoms with Crippen LogP contribution in [0.15, 0.2) is 75.6 Å². The molecule has 0 atom stereocenters. The number of nitrogens with one attached hydrogen (secondary N) is 2. The second-order valence-electron chi connectivity index (χ2n) is 8.23. The van der Waals surface area contributed by atoms with Gasteiger partial charge in [0.25, 0.3) is 0 Å². The van der Waals surface area contributed by atoms with Gasteiger partial charge in [0.05, 0.1) is 35.5 Å². The Balaban J connectivity index is 1.33. The van der Waals surface area contributed by atoms with E-state index in [1.807, 2.05) is 0 Å². The van der Waals surface area contributed by atoms with E-state index in [2.05, 4.69) is 36.8 Å². The number of nitrogens with zero attached hydrogens (tertiary/aromatic N) is 2. The molecule has 208 valence electrons. The molecule has 1 heterocycles. The molecule has 7 nitrogen and oxygen atoms in total. The third-order valence-electron chi connectivity index (χ3n) is 5.32. The van der Waals surface area contributed by atoms with Crippen LogP contribution in [0.5, 0.6) is 11.5 Å². The minimum Gasteiger partial charge on any atom is -0.493 e. The molecule has 3 aromatic carbocycles. The number of rotatable bonds is 10. The van der Waals surface area contributed by atoms with Crippen LogP contribution < -0.4 is 20.2 Å². The summed E-state index contributed by atoms with van der Waals surface area (Å²) >= 11 is 4.58. The lowest BCUT2D eigenvalue weighted by Crippen LogP contribution is -2.20. The van der Waals surface area contributed by atoms with E-state index in [9.17, 15) is 22.4 Å². The van der Waals surface area contributed by atoms with E-state index in [4.69, 9.17) is 9.47 Å². The average Bonchev–Trinajstić information content (AvgIpc) is 3.34. The Hall–Kier alpha value is -3.97. The Kier molecular flexibility index (Phi) is 9.38. The molecule has 40 heavy (non-hydrogen) atoms. The number of carbonyl (C=O) groups is 1. The van der Waals surface area contributed by atoms with Crippen LogP contribution in [0.4, 0.5) is 28.4 Å². The Morgan fingerprint density at radius 3 is 2.70 bits per heavy atom. The molecule has 13 heteroatoms. The molecule has 0 aliphatic rings. The molecule has 0 bridgehead atoms. The summed E-state index contributed by atoms with van der Waals surface area (Å²) < 4.78 is 64.4. The SMILES string of the molecule is COc1cc(/C=N\NC(=O)Cc2csc(Nc3cccc(C(F)(F)F)c3)n2)cc(Br)c1OCc1ccccc1F. The maximum absolute atomic E-state index is 13.9. The topological polar surface area (TPSA) is 84.8 Å². The molecule has 0 aliphatic carbocycles. The third-order valence-corrected chi connectivity index (χ3v) is 6.71. The van der Waals surface area contributed by atoms with Crippen molar-refractivity contribution in [1.29, 1.82) is 0 Å². The molecule has 0 radical (unpaired) electrons. The molecule has 0 spiro atoms. The summed E-state index contributed by atoms with van der Waals surface area (Å²) in [5, 5.41) is 8.75. The Morgan fingerprint density at radius 1 is 1.15 bits per heavy atom. The van der Waals surface area contributed by atoms with E-state index in [1.54, 1.807) is 35.7 Å². The lowest BCUT2D eigenvalue weighted by Gasteiger charge is -2.14. The first kappa shape index (κ1) is 29.0. The van der Waals surface area contributed by atoms with Gasteiger partial charge in [-0.3, -0.25) is 4.79 Å². The van der Waals surface area contributed by atoms with Gasteiger partial charge < -0.3 is 14.8 Å².